The lowest BCUT2D eigenvalue weighted by molar-refractivity contribution is -0.121. The van der Waals surface area contributed by atoms with E-state index in [-0.39, 0.29) is 16.8 Å². The maximum Gasteiger partial charge on any atom is 0.243 e. The number of piperazine rings is 1. The third kappa shape index (κ3) is 5.16. The van der Waals surface area contributed by atoms with Crippen molar-refractivity contribution in [1.29, 1.82) is 0 Å². The zero-order chi connectivity index (χ0) is 21.0. The van der Waals surface area contributed by atoms with Gasteiger partial charge in [0.05, 0.1) is 18.0 Å². The fourth-order valence-electron chi connectivity index (χ4n) is 3.22. The van der Waals surface area contributed by atoms with E-state index in [1.165, 1.54) is 4.31 Å². The normalized spacial score (nSPS) is 16.9. The molecule has 1 N–H and O–H groups in total. The van der Waals surface area contributed by atoms with Crippen LogP contribution in [0.2, 0.25) is 0 Å². The van der Waals surface area contributed by atoms with E-state index >= 15 is 0 Å². The fraction of sp³-hybridized carbons (Fsp3) is 0.350. The lowest BCUT2D eigenvalue weighted by Gasteiger charge is -2.36. The molecule has 0 bridgehead atoms. The molecule has 1 aliphatic rings. The summed E-state index contributed by atoms with van der Waals surface area (Å²) >= 11 is 3.32. The zero-order valence-corrected chi connectivity index (χ0v) is 18.7. The number of sulfonamides is 1. The van der Waals surface area contributed by atoms with E-state index in [1.54, 1.807) is 43.5 Å². The summed E-state index contributed by atoms with van der Waals surface area (Å²) in [6, 6.07) is 13.5. The van der Waals surface area contributed by atoms with Gasteiger partial charge in [-0.3, -0.25) is 9.69 Å². The minimum atomic E-state index is -3.55. The summed E-state index contributed by atoms with van der Waals surface area (Å²) in [4.78, 5) is 14.9. The summed E-state index contributed by atoms with van der Waals surface area (Å²) in [7, 11) is -1.97. The average Bonchev–Trinajstić information content (AvgIpc) is 2.73. The number of carbonyl (C=O) groups is 1. The first-order valence-corrected chi connectivity index (χ1v) is 11.5. The first-order chi connectivity index (χ1) is 13.8. The molecule has 1 saturated heterocycles. The van der Waals surface area contributed by atoms with Gasteiger partial charge in [-0.2, -0.15) is 4.31 Å². The highest BCUT2D eigenvalue weighted by molar-refractivity contribution is 9.10. The Hall–Kier alpha value is -1.94. The van der Waals surface area contributed by atoms with Gasteiger partial charge in [-0.25, -0.2) is 8.42 Å². The van der Waals surface area contributed by atoms with Crippen LogP contribution in [0.1, 0.15) is 6.92 Å². The minimum absolute atomic E-state index is 0.137. The summed E-state index contributed by atoms with van der Waals surface area (Å²) in [6.45, 7) is 3.48. The van der Waals surface area contributed by atoms with Gasteiger partial charge in [0.2, 0.25) is 15.9 Å². The molecular weight excluding hydrogens is 458 g/mol. The van der Waals surface area contributed by atoms with Gasteiger partial charge in [-0.15, -0.1) is 0 Å². The number of carbonyl (C=O) groups excluding carboxylic acids is 1. The molecule has 0 aromatic heterocycles. The van der Waals surface area contributed by atoms with Crippen LogP contribution in [-0.2, 0) is 14.8 Å². The third-order valence-electron chi connectivity index (χ3n) is 4.97. The van der Waals surface area contributed by atoms with E-state index in [4.69, 9.17) is 4.74 Å². The number of anilines is 1. The van der Waals surface area contributed by atoms with E-state index in [2.05, 4.69) is 21.2 Å². The number of amides is 1. The molecule has 156 valence electrons. The number of methoxy groups -OCH3 is 1. The number of rotatable bonds is 6. The highest BCUT2D eigenvalue weighted by Gasteiger charge is 2.31. The molecule has 1 heterocycles. The monoisotopic (exact) mass is 481 g/mol. The predicted molar refractivity (Wildman–Crippen MR) is 116 cm³/mol. The maximum atomic E-state index is 12.8. The molecule has 7 nitrogen and oxygen atoms in total. The molecule has 0 saturated carbocycles. The Morgan fingerprint density at radius 2 is 1.79 bits per heavy atom. The summed E-state index contributed by atoms with van der Waals surface area (Å²) in [5.74, 6) is 0.531. The second-order valence-electron chi connectivity index (χ2n) is 6.79. The second kappa shape index (κ2) is 9.25. The molecule has 0 spiro atoms. The number of benzene rings is 2. The van der Waals surface area contributed by atoms with Gasteiger partial charge < -0.3 is 10.1 Å². The van der Waals surface area contributed by atoms with E-state index < -0.39 is 10.0 Å². The molecule has 0 aliphatic carbocycles. The Morgan fingerprint density at radius 3 is 2.45 bits per heavy atom. The van der Waals surface area contributed by atoms with E-state index in [0.29, 0.717) is 37.6 Å². The van der Waals surface area contributed by atoms with E-state index in [0.717, 1.165) is 4.47 Å². The molecule has 0 unspecified atom stereocenters. The van der Waals surface area contributed by atoms with Crippen LogP contribution in [0.25, 0.3) is 0 Å². The second-order valence-corrected chi connectivity index (χ2v) is 9.65. The largest absolute Gasteiger partial charge is 0.497 e. The number of halogens is 1. The summed E-state index contributed by atoms with van der Waals surface area (Å²) in [6.07, 6.45) is 0. The molecular formula is C20H24BrN3O4S. The average molecular weight is 482 g/mol. The topological polar surface area (TPSA) is 79.0 Å². The number of hydrogen-bond donors (Lipinski definition) is 1. The van der Waals surface area contributed by atoms with Crippen molar-refractivity contribution in [3.63, 3.8) is 0 Å². The summed E-state index contributed by atoms with van der Waals surface area (Å²) in [5.41, 5.74) is 0.664. The van der Waals surface area contributed by atoms with Crippen molar-refractivity contribution >= 4 is 37.5 Å². The van der Waals surface area contributed by atoms with Gasteiger partial charge in [0, 0.05) is 42.4 Å². The van der Waals surface area contributed by atoms with Crippen molar-refractivity contribution in [1.82, 2.24) is 9.21 Å². The van der Waals surface area contributed by atoms with Crippen molar-refractivity contribution < 1.29 is 17.9 Å². The molecule has 3 rings (SSSR count). The molecule has 9 heteroatoms. The van der Waals surface area contributed by atoms with Crippen molar-refractivity contribution in [2.75, 3.05) is 38.6 Å². The quantitative estimate of drug-likeness (QED) is 0.685. The van der Waals surface area contributed by atoms with Gasteiger partial charge >= 0.3 is 0 Å². The van der Waals surface area contributed by atoms with Crippen LogP contribution in [0.15, 0.2) is 57.9 Å². The molecule has 2 aromatic carbocycles. The third-order valence-corrected chi connectivity index (χ3v) is 7.36. The first kappa shape index (κ1) is 21.8. The van der Waals surface area contributed by atoms with Crippen LogP contribution >= 0.6 is 15.9 Å². The summed E-state index contributed by atoms with van der Waals surface area (Å²) < 4.78 is 33.1. The lowest BCUT2D eigenvalue weighted by atomic mass is 10.2. The van der Waals surface area contributed by atoms with Crippen LogP contribution in [0.5, 0.6) is 5.75 Å². The van der Waals surface area contributed by atoms with Crippen molar-refractivity contribution in [3.8, 4) is 5.75 Å². The molecule has 1 amide bonds. The highest BCUT2D eigenvalue weighted by atomic mass is 79.9. The van der Waals surface area contributed by atoms with Gasteiger partial charge in [0.15, 0.2) is 0 Å². The Kier molecular flexibility index (Phi) is 6.94. The number of nitrogens with zero attached hydrogens (tertiary/aromatic N) is 2. The fourth-order valence-corrected chi connectivity index (χ4v) is 5.24. The van der Waals surface area contributed by atoms with Crippen LogP contribution in [0.4, 0.5) is 5.69 Å². The van der Waals surface area contributed by atoms with Crippen LogP contribution in [-0.4, -0.2) is 62.9 Å². The Balaban J connectivity index is 1.60. The molecule has 1 fully saturated rings. The van der Waals surface area contributed by atoms with Gasteiger partial charge in [-0.05, 0) is 37.3 Å². The van der Waals surface area contributed by atoms with Gasteiger partial charge in [-0.1, -0.05) is 28.1 Å². The predicted octanol–water partition coefficient (Wildman–Crippen LogP) is 2.79. The Bertz CT molecular complexity index is 975. The Morgan fingerprint density at radius 1 is 1.10 bits per heavy atom. The minimum Gasteiger partial charge on any atom is -0.497 e. The number of hydrogen-bond acceptors (Lipinski definition) is 5. The SMILES string of the molecule is COc1cccc(NC(=O)[C@@H](C)N2CCN(S(=O)(=O)c3cccc(Br)c3)CC2)c1. The van der Waals surface area contributed by atoms with Crippen LogP contribution < -0.4 is 10.1 Å². The van der Waals surface area contributed by atoms with Crippen molar-refractivity contribution in [2.45, 2.75) is 17.9 Å². The van der Waals surface area contributed by atoms with E-state index in [9.17, 15) is 13.2 Å². The van der Waals surface area contributed by atoms with Crippen LogP contribution in [0.3, 0.4) is 0 Å². The molecule has 0 radical (unpaired) electrons. The van der Waals surface area contributed by atoms with Gasteiger partial charge in [0.25, 0.3) is 0 Å². The van der Waals surface area contributed by atoms with Crippen molar-refractivity contribution in [2.24, 2.45) is 0 Å². The molecule has 29 heavy (non-hydrogen) atoms. The summed E-state index contributed by atoms with van der Waals surface area (Å²) in [5, 5.41) is 2.89. The smallest absolute Gasteiger partial charge is 0.243 e. The number of ether oxygens (including phenoxy) is 1. The first-order valence-electron chi connectivity index (χ1n) is 9.26. The maximum absolute atomic E-state index is 12.8. The molecule has 2 aromatic rings. The van der Waals surface area contributed by atoms with Crippen LogP contribution in [0, 0.1) is 0 Å². The lowest BCUT2D eigenvalue weighted by Crippen LogP contribution is -2.53. The van der Waals surface area contributed by atoms with Gasteiger partial charge in [0.1, 0.15) is 5.75 Å². The Labute approximate surface area is 179 Å². The number of nitrogens with one attached hydrogen (secondary N) is 1. The van der Waals surface area contributed by atoms with Crippen molar-refractivity contribution in [3.05, 3.63) is 53.0 Å². The zero-order valence-electron chi connectivity index (χ0n) is 16.3. The standard InChI is InChI=1S/C20H24BrN3O4S/c1-15(20(25)22-17-6-4-7-18(14-17)28-2)23-9-11-24(12-10-23)29(26,27)19-8-3-5-16(21)13-19/h3-8,13-15H,9-12H2,1-2H3,(H,22,25)/t15-/m1/s1. The highest BCUT2D eigenvalue weighted by Crippen LogP contribution is 2.22. The van der Waals surface area contributed by atoms with E-state index in [1.807, 2.05) is 24.0 Å². The molecule has 1 aliphatic heterocycles. The molecule has 1 atom stereocenters.